The predicted octanol–water partition coefficient (Wildman–Crippen LogP) is 5.18. The average molecular weight is 388 g/mol. The van der Waals surface area contributed by atoms with Crippen LogP contribution in [0.3, 0.4) is 0 Å². The molecule has 0 aliphatic heterocycles. The first-order chi connectivity index (χ1) is 12.4. The highest BCUT2D eigenvalue weighted by atomic mass is 32.1. The lowest BCUT2D eigenvalue weighted by atomic mass is 10.1. The van der Waals surface area contributed by atoms with Crippen LogP contribution in [0.1, 0.15) is 43.1 Å². The fourth-order valence-electron chi connectivity index (χ4n) is 2.66. The monoisotopic (exact) mass is 387 g/mol. The Morgan fingerprint density at radius 1 is 1.19 bits per heavy atom. The number of carbonyl (C=O) groups excluding carboxylic acids is 1. The lowest BCUT2D eigenvalue weighted by molar-refractivity contribution is -0.0623. The molecule has 136 valence electrons. The molecule has 0 bridgehead atoms. The standard InChI is InChI=1S/C19H21N3O2S2/c1-12(2)24-19(3,4)15-11-26-18(21-15)22-17(23)16-14(7-10-25-16)13-5-8-20-9-6-13/h5-12H,1-4H3,(H,21,22,23). The summed E-state index contributed by atoms with van der Waals surface area (Å²) in [5.74, 6) is -0.157. The summed E-state index contributed by atoms with van der Waals surface area (Å²) in [6.45, 7) is 7.95. The maximum Gasteiger partial charge on any atom is 0.268 e. The molecule has 0 aromatic carbocycles. The molecule has 0 spiro atoms. The first kappa shape index (κ1) is 18.7. The van der Waals surface area contributed by atoms with E-state index in [9.17, 15) is 4.79 Å². The first-order valence-electron chi connectivity index (χ1n) is 8.30. The third-order valence-corrected chi connectivity index (χ3v) is 5.41. The number of amides is 1. The van der Waals surface area contributed by atoms with Crippen molar-refractivity contribution in [1.82, 2.24) is 9.97 Å². The summed E-state index contributed by atoms with van der Waals surface area (Å²) in [6.07, 6.45) is 3.54. The fourth-order valence-corrected chi connectivity index (χ4v) is 4.33. The number of hydrogen-bond acceptors (Lipinski definition) is 6. The molecule has 3 aromatic rings. The Morgan fingerprint density at radius 2 is 1.92 bits per heavy atom. The molecule has 5 nitrogen and oxygen atoms in total. The molecule has 0 fully saturated rings. The summed E-state index contributed by atoms with van der Waals surface area (Å²) in [5.41, 5.74) is 2.18. The summed E-state index contributed by atoms with van der Waals surface area (Å²) in [4.78, 5) is 22.0. The summed E-state index contributed by atoms with van der Waals surface area (Å²) in [5, 5.41) is 7.32. The summed E-state index contributed by atoms with van der Waals surface area (Å²) in [7, 11) is 0. The molecule has 7 heteroatoms. The number of nitrogens with zero attached hydrogens (tertiary/aromatic N) is 2. The van der Waals surface area contributed by atoms with Gasteiger partial charge in [0.05, 0.1) is 11.8 Å². The highest BCUT2D eigenvalue weighted by Crippen LogP contribution is 2.31. The Morgan fingerprint density at radius 3 is 2.62 bits per heavy atom. The van der Waals surface area contributed by atoms with Gasteiger partial charge in [-0.2, -0.15) is 0 Å². The fraction of sp³-hybridized carbons (Fsp3) is 0.316. The third kappa shape index (κ3) is 4.17. The lowest BCUT2D eigenvalue weighted by Crippen LogP contribution is -2.26. The van der Waals surface area contributed by atoms with Crippen LogP contribution >= 0.6 is 22.7 Å². The second-order valence-electron chi connectivity index (χ2n) is 6.57. The van der Waals surface area contributed by atoms with Gasteiger partial charge in [-0.25, -0.2) is 4.98 Å². The molecule has 0 unspecified atom stereocenters. The number of thiazole rings is 1. The largest absolute Gasteiger partial charge is 0.367 e. The van der Waals surface area contributed by atoms with Gasteiger partial charge >= 0.3 is 0 Å². The van der Waals surface area contributed by atoms with E-state index in [1.807, 2.05) is 56.7 Å². The molecule has 3 heterocycles. The van der Waals surface area contributed by atoms with Crippen LogP contribution in [0.25, 0.3) is 11.1 Å². The summed E-state index contributed by atoms with van der Waals surface area (Å²) >= 11 is 2.81. The van der Waals surface area contributed by atoms with Crippen molar-refractivity contribution in [3.63, 3.8) is 0 Å². The second-order valence-corrected chi connectivity index (χ2v) is 8.34. The maximum absolute atomic E-state index is 12.7. The van der Waals surface area contributed by atoms with Crippen molar-refractivity contribution in [2.45, 2.75) is 39.4 Å². The van der Waals surface area contributed by atoms with Gasteiger partial charge in [-0.15, -0.1) is 22.7 Å². The molecule has 3 rings (SSSR count). The van der Waals surface area contributed by atoms with Crippen molar-refractivity contribution in [3.8, 4) is 11.1 Å². The van der Waals surface area contributed by atoms with Crippen LogP contribution in [-0.2, 0) is 10.3 Å². The molecule has 1 N–H and O–H groups in total. The molecule has 0 saturated carbocycles. The van der Waals surface area contributed by atoms with Gasteiger partial charge in [-0.3, -0.25) is 15.1 Å². The summed E-state index contributed by atoms with van der Waals surface area (Å²) < 4.78 is 5.92. The number of nitrogens with one attached hydrogen (secondary N) is 1. The molecule has 3 aromatic heterocycles. The van der Waals surface area contributed by atoms with Crippen molar-refractivity contribution < 1.29 is 9.53 Å². The molecule has 26 heavy (non-hydrogen) atoms. The lowest BCUT2D eigenvalue weighted by Gasteiger charge is -2.25. The highest BCUT2D eigenvalue weighted by molar-refractivity contribution is 7.14. The van der Waals surface area contributed by atoms with Crippen LogP contribution in [0.5, 0.6) is 0 Å². The average Bonchev–Trinajstić information content (AvgIpc) is 3.24. The van der Waals surface area contributed by atoms with E-state index in [0.717, 1.165) is 16.8 Å². The van der Waals surface area contributed by atoms with Gasteiger partial charge in [-0.1, -0.05) is 0 Å². The van der Waals surface area contributed by atoms with Crippen LogP contribution in [0, 0.1) is 0 Å². The quantitative estimate of drug-likeness (QED) is 0.633. The van der Waals surface area contributed by atoms with Gasteiger partial charge in [0.1, 0.15) is 10.5 Å². The summed E-state index contributed by atoms with van der Waals surface area (Å²) in [6, 6.07) is 5.74. The SMILES string of the molecule is CC(C)OC(C)(C)c1csc(NC(=O)c2sccc2-c2ccncc2)n1. The predicted molar refractivity (Wildman–Crippen MR) is 107 cm³/mol. The smallest absolute Gasteiger partial charge is 0.268 e. The van der Waals surface area contributed by atoms with Crippen LogP contribution in [0.2, 0.25) is 0 Å². The van der Waals surface area contributed by atoms with E-state index in [1.54, 1.807) is 12.4 Å². The van der Waals surface area contributed by atoms with Crippen LogP contribution in [0.4, 0.5) is 5.13 Å². The molecule has 0 saturated heterocycles. The number of ether oxygens (including phenoxy) is 1. The normalized spacial score (nSPS) is 11.7. The molecule has 0 atom stereocenters. The van der Waals surface area contributed by atoms with Crippen molar-refractivity contribution in [2.75, 3.05) is 5.32 Å². The van der Waals surface area contributed by atoms with Gasteiger partial charge in [0.25, 0.3) is 5.91 Å². The zero-order valence-electron chi connectivity index (χ0n) is 15.1. The van der Waals surface area contributed by atoms with Gasteiger partial charge in [0.15, 0.2) is 5.13 Å². The topological polar surface area (TPSA) is 64.1 Å². The number of pyridine rings is 1. The molecule has 1 amide bonds. The molecular formula is C19H21N3O2S2. The van der Waals surface area contributed by atoms with Crippen molar-refractivity contribution >= 4 is 33.7 Å². The van der Waals surface area contributed by atoms with Gasteiger partial charge in [0.2, 0.25) is 0 Å². The minimum atomic E-state index is -0.501. The maximum atomic E-state index is 12.7. The molecule has 0 aliphatic carbocycles. The van der Waals surface area contributed by atoms with Crippen LogP contribution in [-0.4, -0.2) is 22.0 Å². The first-order valence-corrected chi connectivity index (χ1v) is 10.1. The van der Waals surface area contributed by atoms with E-state index in [-0.39, 0.29) is 12.0 Å². The van der Waals surface area contributed by atoms with Crippen LogP contribution < -0.4 is 5.32 Å². The third-order valence-electron chi connectivity index (χ3n) is 3.73. The van der Waals surface area contributed by atoms with Crippen molar-refractivity contribution in [2.24, 2.45) is 0 Å². The number of aromatic nitrogens is 2. The Labute approximate surface area is 161 Å². The van der Waals surface area contributed by atoms with E-state index in [0.29, 0.717) is 10.0 Å². The second kappa shape index (κ2) is 7.65. The minimum Gasteiger partial charge on any atom is -0.367 e. The van der Waals surface area contributed by atoms with Gasteiger partial charge < -0.3 is 4.74 Å². The van der Waals surface area contributed by atoms with Crippen LogP contribution in [0.15, 0.2) is 41.4 Å². The number of carbonyl (C=O) groups is 1. The van der Waals surface area contributed by atoms with Crippen molar-refractivity contribution in [3.05, 3.63) is 51.9 Å². The van der Waals surface area contributed by atoms with E-state index < -0.39 is 5.60 Å². The minimum absolute atomic E-state index is 0.0961. The molecule has 0 aliphatic rings. The Hall–Kier alpha value is -2.09. The zero-order valence-corrected chi connectivity index (χ0v) is 16.8. The van der Waals surface area contributed by atoms with Gasteiger partial charge in [0, 0.05) is 23.3 Å². The Bertz CT molecular complexity index is 885. The van der Waals surface area contributed by atoms with E-state index in [2.05, 4.69) is 15.3 Å². The zero-order chi connectivity index (χ0) is 18.7. The van der Waals surface area contributed by atoms with E-state index in [1.165, 1.54) is 22.7 Å². The molecule has 0 radical (unpaired) electrons. The highest BCUT2D eigenvalue weighted by Gasteiger charge is 2.26. The number of hydrogen-bond donors (Lipinski definition) is 1. The van der Waals surface area contributed by atoms with E-state index in [4.69, 9.17) is 4.74 Å². The molecular weight excluding hydrogens is 366 g/mol. The Kier molecular flexibility index (Phi) is 5.50. The van der Waals surface area contributed by atoms with Crippen molar-refractivity contribution in [1.29, 1.82) is 0 Å². The number of thiophene rings is 1. The van der Waals surface area contributed by atoms with Gasteiger partial charge in [-0.05, 0) is 56.8 Å². The Balaban J connectivity index is 1.77. The number of rotatable bonds is 6. The number of anilines is 1. The van der Waals surface area contributed by atoms with E-state index >= 15 is 0 Å².